The molecule has 1 aliphatic rings. The Morgan fingerprint density at radius 3 is 2.57 bits per heavy atom. The summed E-state index contributed by atoms with van der Waals surface area (Å²) in [6.07, 6.45) is 0. The second-order valence-electron chi connectivity index (χ2n) is 4.66. The Morgan fingerprint density at radius 1 is 1.14 bits per heavy atom. The lowest BCUT2D eigenvalue weighted by Crippen LogP contribution is -2.29. The van der Waals surface area contributed by atoms with Crippen LogP contribution in [0.1, 0.15) is 5.56 Å². The van der Waals surface area contributed by atoms with Crippen LogP contribution < -0.4 is 16.1 Å². The first-order valence-electron chi connectivity index (χ1n) is 6.38. The van der Waals surface area contributed by atoms with Gasteiger partial charge >= 0.3 is 7.12 Å². The Hall–Kier alpha value is -1.96. The number of nitrogens with one attached hydrogen (secondary N) is 2. The maximum atomic E-state index is 12.8. The molecule has 0 amide bonds. The second kappa shape index (κ2) is 5.81. The normalized spacial score (nSPS) is 13.0. The van der Waals surface area contributed by atoms with Gasteiger partial charge in [-0.25, -0.2) is 4.39 Å². The fraction of sp³-hybridized carbons (Fsp3) is 0.0714. The summed E-state index contributed by atoms with van der Waals surface area (Å²) < 4.78 is 18.0. The largest absolute Gasteiger partial charge is 0.491 e. The van der Waals surface area contributed by atoms with Crippen molar-refractivity contribution in [3.8, 4) is 0 Å². The molecule has 0 aliphatic carbocycles. The van der Waals surface area contributed by atoms with Gasteiger partial charge in [0, 0.05) is 11.4 Å². The highest BCUT2D eigenvalue weighted by molar-refractivity contribution is 7.80. The monoisotopic (exact) mass is 302 g/mol. The molecule has 3 N–H and O–H groups in total. The molecule has 1 aliphatic heterocycles. The number of fused-ring (bicyclic) bond motifs is 1. The van der Waals surface area contributed by atoms with Gasteiger partial charge in [0.05, 0.1) is 6.61 Å². The van der Waals surface area contributed by atoms with E-state index >= 15 is 0 Å². The number of anilines is 2. The van der Waals surface area contributed by atoms with E-state index in [9.17, 15) is 9.41 Å². The van der Waals surface area contributed by atoms with Crippen LogP contribution in [-0.2, 0) is 11.3 Å². The minimum absolute atomic E-state index is 0.299. The zero-order valence-corrected chi connectivity index (χ0v) is 11.8. The van der Waals surface area contributed by atoms with Crippen molar-refractivity contribution in [3.63, 3.8) is 0 Å². The molecule has 0 fully saturated rings. The lowest BCUT2D eigenvalue weighted by Gasteiger charge is -2.11. The lowest BCUT2D eigenvalue weighted by atomic mass is 9.79. The fourth-order valence-electron chi connectivity index (χ4n) is 2.12. The van der Waals surface area contributed by atoms with Crippen molar-refractivity contribution < 1.29 is 14.1 Å². The zero-order valence-electron chi connectivity index (χ0n) is 11.0. The summed E-state index contributed by atoms with van der Waals surface area (Å²) in [6.45, 7) is 0.412. The Morgan fingerprint density at radius 2 is 1.81 bits per heavy atom. The number of thiocarbonyl (C=S) groups is 1. The van der Waals surface area contributed by atoms with Crippen molar-refractivity contribution in [2.75, 3.05) is 10.6 Å². The molecule has 21 heavy (non-hydrogen) atoms. The van der Waals surface area contributed by atoms with Gasteiger partial charge in [0.2, 0.25) is 0 Å². The molecule has 2 aromatic rings. The topological polar surface area (TPSA) is 53.5 Å². The molecule has 7 heteroatoms. The van der Waals surface area contributed by atoms with Gasteiger partial charge in [-0.15, -0.1) is 0 Å². The third-order valence-corrected chi connectivity index (χ3v) is 3.37. The average Bonchev–Trinajstić information content (AvgIpc) is 2.83. The van der Waals surface area contributed by atoms with E-state index in [1.165, 1.54) is 12.1 Å². The molecule has 2 aromatic carbocycles. The molecular formula is C14H12BFN2O2S. The second-order valence-corrected chi connectivity index (χ2v) is 5.07. The maximum Gasteiger partial charge on any atom is 0.491 e. The molecule has 3 rings (SSSR count). The molecule has 106 valence electrons. The van der Waals surface area contributed by atoms with Crippen molar-refractivity contribution in [1.29, 1.82) is 0 Å². The first kappa shape index (κ1) is 14.0. The van der Waals surface area contributed by atoms with Gasteiger partial charge < -0.3 is 20.3 Å². The molecule has 0 bridgehead atoms. The zero-order chi connectivity index (χ0) is 14.8. The predicted molar refractivity (Wildman–Crippen MR) is 85.1 cm³/mol. The van der Waals surface area contributed by atoms with Crippen molar-refractivity contribution in [3.05, 3.63) is 53.8 Å². The molecule has 0 saturated carbocycles. The van der Waals surface area contributed by atoms with Crippen LogP contribution in [0.4, 0.5) is 15.8 Å². The van der Waals surface area contributed by atoms with Gasteiger partial charge in [0.25, 0.3) is 0 Å². The van der Waals surface area contributed by atoms with E-state index in [2.05, 4.69) is 10.6 Å². The fourth-order valence-corrected chi connectivity index (χ4v) is 2.35. The first-order valence-corrected chi connectivity index (χ1v) is 6.79. The van der Waals surface area contributed by atoms with Crippen LogP contribution in [0.5, 0.6) is 0 Å². The Balaban J connectivity index is 1.68. The van der Waals surface area contributed by atoms with Crippen molar-refractivity contribution in [2.45, 2.75) is 6.61 Å². The minimum Gasteiger partial charge on any atom is -0.423 e. The molecule has 0 saturated heterocycles. The van der Waals surface area contributed by atoms with Crippen LogP contribution in [-0.4, -0.2) is 17.3 Å². The van der Waals surface area contributed by atoms with Crippen LogP contribution >= 0.6 is 12.2 Å². The number of hydrogen-bond acceptors (Lipinski definition) is 3. The van der Waals surface area contributed by atoms with Gasteiger partial charge in [-0.3, -0.25) is 0 Å². The Labute approximate surface area is 127 Å². The van der Waals surface area contributed by atoms with E-state index in [0.29, 0.717) is 17.4 Å². The Kier molecular flexibility index (Phi) is 3.87. The third-order valence-electron chi connectivity index (χ3n) is 3.17. The van der Waals surface area contributed by atoms with E-state index in [-0.39, 0.29) is 5.82 Å². The van der Waals surface area contributed by atoms with E-state index in [1.54, 1.807) is 18.2 Å². The number of hydrogen-bond donors (Lipinski definition) is 3. The van der Waals surface area contributed by atoms with E-state index in [1.807, 2.05) is 12.1 Å². The summed E-state index contributed by atoms with van der Waals surface area (Å²) in [7, 11) is -0.889. The first-order chi connectivity index (χ1) is 10.1. The Bertz CT molecular complexity index is 681. The van der Waals surface area contributed by atoms with Gasteiger partial charge in [-0.1, -0.05) is 6.07 Å². The number of rotatable bonds is 2. The summed E-state index contributed by atoms with van der Waals surface area (Å²) >= 11 is 5.20. The predicted octanol–water partition coefficient (Wildman–Crippen LogP) is 1.85. The number of benzene rings is 2. The molecule has 0 spiro atoms. The van der Waals surface area contributed by atoms with Gasteiger partial charge in [-0.05, 0) is 59.6 Å². The van der Waals surface area contributed by atoms with Crippen LogP contribution in [0.25, 0.3) is 0 Å². The molecule has 0 atom stereocenters. The quantitative estimate of drug-likeness (QED) is 0.584. The smallest absolute Gasteiger partial charge is 0.423 e. The van der Waals surface area contributed by atoms with Crippen molar-refractivity contribution in [2.24, 2.45) is 0 Å². The van der Waals surface area contributed by atoms with Gasteiger partial charge in [0.1, 0.15) is 5.82 Å². The molecular weight excluding hydrogens is 290 g/mol. The molecule has 0 radical (unpaired) electrons. The van der Waals surface area contributed by atoms with Crippen LogP contribution in [0.15, 0.2) is 42.5 Å². The number of halogens is 1. The van der Waals surface area contributed by atoms with E-state index in [0.717, 1.165) is 16.7 Å². The van der Waals surface area contributed by atoms with Crippen LogP contribution in [0.3, 0.4) is 0 Å². The van der Waals surface area contributed by atoms with Gasteiger partial charge in [-0.2, -0.15) is 0 Å². The van der Waals surface area contributed by atoms with Crippen LogP contribution in [0.2, 0.25) is 0 Å². The van der Waals surface area contributed by atoms with Crippen molar-refractivity contribution in [1.82, 2.24) is 0 Å². The summed E-state index contributed by atoms with van der Waals surface area (Å²) in [5, 5.41) is 16.0. The summed E-state index contributed by atoms with van der Waals surface area (Å²) in [5.41, 5.74) is 3.14. The maximum absolute atomic E-state index is 12.8. The SMILES string of the molecule is OB1OCc2ccc(NC(=S)Nc3ccc(F)cc3)cc21. The van der Waals surface area contributed by atoms with E-state index in [4.69, 9.17) is 16.9 Å². The average molecular weight is 302 g/mol. The van der Waals surface area contributed by atoms with Crippen LogP contribution in [0, 0.1) is 5.82 Å². The summed E-state index contributed by atoms with van der Waals surface area (Å²) in [6, 6.07) is 11.5. The minimum atomic E-state index is -0.889. The molecule has 1 heterocycles. The van der Waals surface area contributed by atoms with Gasteiger partial charge in [0.15, 0.2) is 5.11 Å². The standard InChI is InChI=1S/C14H12BFN2O2S/c16-10-2-5-11(6-3-10)17-14(21)18-12-4-1-9-8-20-15(19)13(9)7-12/h1-7,19H,8H2,(H2,17,18,21). The lowest BCUT2D eigenvalue weighted by molar-refractivity contribution is 0.275. The summed E-state index contributed by atoms with van der Waals surface area (Å²) in [5.74, 6) is -0.299. The summed E-state index contributed by atoms with van der Waals surface area (Å²) in [4.78, 5) is 0. The van der Waals surface area contributed by atoms with E-state index < -0.39 is 7.12 Å². The highest BCUT2D eigenvalue weighted by atomic mass is 32.1. The van der Waals surface area contributed by atoms with Crippen molar-refractivity contribution >= 4 is 41.3 Å². The highest BCUT2D eigenvalue weighted by Crippen LogP contribution is 2.15. The molecule has 0 aromatic heterocycles. The highest BCUT2D eigenvalue weighted by Gasteiger charge is 2.27. The molecule has 4 nitrogen and oxygen atoms in total. The molecule has 0 unspecified atom stereocenters. The third kappa shape index (κ3) is 3.21.